The van der Waals surface area contributed by atoms with E-state index in [1.165, 1.54) is 4.57 Å². The molecule has 1 aromatic carbocycles. The van der Waals surface area contributed by atoms with Gasteiger partial charge in [-0.3, -0.25) is 4.57 Å². The molecule has 0 fully saturated rings. The average molecular weight is 334 g/mol. The van der Waals surface area contributed by atoms with Crippen LogP contribution in [-0.2, 0) is 7.05 Å². The molecule has 2 heterocycles. The summed E-state index contributed by atoms with van der Waals surface area (Å²) in [6, 6.07) is 9.31. The third-order valence-electron chi connectivity index (χ3n) is 3.09. The summed E-state index contributed by atoms with van der Waals surface area (Å²) in [5, 5.41) is 3.21. The number of oxazole rings is 1. The van der Waals surface area contributed by atoms with Crippen LogP contribution in [0.25, 0.3) is 11.1 Å². The van der Waals surface area contributed by atoms with E-state index in [1.54, 1.807) is 13.1 Å². The van der Waals surface area contributed by atoms with Crippen LogP contribution < -0.4 is 11.1 Å². The Bertz CT molecular complexity index is 851. The molecule has 0 radical (unpaired) electrons. The Morgan fingerprint density at radius 2 is 2.10 bits per heavy atom. The summed E-state index contributed by atoms with van der Waals surface area (Å²) in [6.07, 6.45) is 0. The van der Waals surface area contributed by atoms with Crippen molar-refractivity contribution in [1.29, 1.82) is 0 Å². The predicted octanol–water partition coefficient (Wildman–Crippen LogP) is 3.34. The van der Waals surface area contributed by atoms with Crippen molar-refractivity contribution in [2.24, 2.45) is 7.05 Å². The molecule has 0 saturated heterocycles. The average Bonchev–Trinajstić information content (AvgIpc) is 2.70. The first-order valence-corrected chi connectivity index (χ1v) is 6.83. The highest BCUT2D eigenvalue weighted by molar-refractivity contribution is 9.10. The second-order valence-corrected chi connectivity index (χ2v) is 5.35. The van der Waals surface area contributed by atoms with E-state index in [0.29, 0.717) is 5.58 Å². The van der Waals surface area contributed by atoms with E-state index in [4.69, 9.17) is 4.42 Å². The first-order valence-electron chi connectivity index (χ1n) is 6.04. The maximum absolute atomic E-state index is 11.4. The van der Waals surface area contributed by atoms with Gasteiger partial charge in [0, 0.05) is 17.2 Å². The predicted molar refractivity (Wildman–Crippen MR) is 81.4 cm³/mol. The number of hydrogen-bond acceptors (Lipinski definition) is 4. The van der Waals surface area contributed by atoms with Crippen LogP contribution in [0.3, 0.4) is 0 Å². The van der Waals surface area contributed by atoms with Gasteiger partial charge in [0.1, 0.15) is 5.82 Å². The largest absolute Gasteiger partial charge is 0.419 e. The van der Waals surface area contributed by atoms with Gasteiger partial charge in [-0.25, -0.2) is 9.78 Å². The Morgan fingerprint density at radius 1 is 1.30 bits per heavy atom. The number of nitrogens with one attached hydrogen (secondary N) is 1. The zero-order chi connectivity index (χ0) is 14.3. The third-order valence-corrected chi connectivity index (χ3v) is 3.92. The van der Waals surface area contributed by atoms with Crippen LogP contribution in [0, 0.1) is 6.92 Å². The number of aryl methyl sites for hydroxylation is 2. The number of benzene rings is 1. The van der Waals surface area contributed by atoms with Gasteiger partial charge in [0.25, 0.3) is 0 Å². The highest BCUT2D eigenvalue weighted by Gasteiger charge is 2.07. The molecule has 2 aromatic heterocycles. The summed E-state index contributed by atoms with van der Waals surface area (Å²) in [4.78, 5) is 15.9. The van der Waals surface area contributed by atoms with Gasteiger partial charge in [0.15, 0.2) is 5.58 Å². The number of nitrogens with zero attached hydrogens (tertiary/aromatic N) is 2. The molecule has 0 saturated carbocycles. The fraction of sp³-hybridized carbons (Fsp3) is 0.143. The van der Waals surface area contributed by atoms with Gasteiger partial charge >= 0.3 is 5.76 Å². The van der Waals surface area contributed by atoms with Crippen LogP contribution in [0.2, 0.25) is 0 Å². The van der Waals surface area contributed by atoms with E-state index in [9.17, 15) is 4.79 Å². The van der Waals surface area contributed by atoms with E-state index in [2.05, 4.69) is 26.2 Å². The molecule has 0 atom stereocenters. The smallest absolute Gasteiger partial charge is 0.408 e. The molecule has 102 valence electrons. The normalized spacial score (nSPS) is 10.9. The molecule has 0 aliphatic carbocycles. The van der Waals surface area contributed by atoms with E-state index < -0.39 is 0 Å². The molecule has 1 N–H and O–H groups in total. The molecule has 0 aliphatic rings. The zero-order valence-electron chi connectivity index (χ0n) is 11.0. The fourth-order valence-corrected chi connectivity index (χ4v) is 2.19. The van der Waals surface area contributed by atoms with Crippen LogP contribution in [0.5, 0.6) is 0 Å². The fourth-order valence-electron chi connectivity index (χ4n) is 1.97. The topological polar surface area (TPSA) is 60.1 Å². The molecule has 0 unspecified atom stereocenters. The maximum Gasteiger partial charge on any atom is 0.419 e. The van der Waals surface area contributed by atoms with Gasteiger partial charge in [-0.2, -0.15) is 0 Å². The molecule has 6 heteroatoms. The van der Waals surface area contributed by atoms with Crippen LogP contribution in [0.4, 0.5) is 11.5 Å². The lowest BCUT2D eigenvalue weighted by Gasteiger charge is -2.07. The standard InChI is InChI=1S/C14H12BrN3O2/c1-8-10(15)4-6-13(16-8)17-9-3-5-12-11(7-9)18(2)14(19)20-12/h3-7H,1-2H3,(H,16,17). The summed E-state index contributed by atoms with van der Waals surface area (Å²) in [5.74, 6) is 0.383. The second-order valence-electron chi connectivity index (χ2n) is 4.50. The lowest BCUT2D eigenvalue weighted by Crippen LogP contribution is -2.08. The van der Waals surface area contributed by atoms with Crippen molar-refractivity contribution in [1.82, 2.24) is 9.55 Å². The Hall–Kier alpha value is -2.08. The van der Waals surface area contributed by atoms with Crippen molar-refractivity contribution in [3.8, 4) is 0 Å². The Labute approximate surface area is 123 Å². The van der Waals surface area contributed by atoms with E-state index >= 15 is 0 Å². The number of rotatable bonds is 2. The van der Waals surface area contributed by atoms with Crippen molar-refractivity contribution < 1.29 is 4.42 Å². The molecule has 0 amide bonds. The Morgan fingerprint density at radius 3 is 2.85 bits per heavy atom. The van der Waals surface area contributed by atoms with Gasteiger partial charge in [0.2, 0.25) is 0 Å². The summed E-state index contributed by atoms with van der Waals surface area (Å²) in [6.45, 7) is 1.93. The number of anilines is 2. The van der Waals surface area contributed by atoms with Crippen molar-refractivity contribution in [2.75, 3.05) is 5.32 Å². The summed E-state index contributed by atoms with van der Waals surface area (Å²) >= 11 is 3.42. The number of aromatic nitrogens is 2. The van der Waals surface area contributed by atoms with Crippen molar-refractivity contribution in [2.45, 2.75) is 6.92 Å². The molecule has 3 aromatic rings. The number of halogens is 1. The van der Waals surface area contributed by atoms with Gasteiger partial charge in [-0.15, -0.1) is 0 Å². The molecule has 3 rings (SSSR count). The molecule has 0 spiro atoms. The highest BCUT2D eigenvalue weighted by Crippen LogP contribution is 2.22. The summed E-state index contributed by atoms with van der Waals surface area (Å²) < 4.78 is 7.54. The van der Waals surface area contributed by atoms with Gasteiger partial charge in [-0.1, -0.05) is 0 Å². The second kappa shape index (κ2) is 4.79. The first-order chi connectivity index (χ1) is 9.54. The lowest BCUT2D eigenvalue weighted by molar-refractivity contribution is 0.528. The quantitative estimate of drug-likeness (QED) is 0.781. The van der Waals surface area contributed by atoms with Gasteiger partial charge in [-0.05, 0) is 53.2 Å². The van der Waals surface area contributed by atoms with Crippen LogP contribution in [0.1, 0.15) is 5.69 Å². The summed E-state index contributed by atoms with van der Waals surface area (Å²) in [5.41, 5.74) is 3.08. The van der Waals surface area contributed by atoms with Crippen LogP contribution in [-0.4, -0.2) is 9.55 Å². The highest BCUT2D eigenvalue weighted by atomic mass is 79.9. The number of pyridine rings is 1. The molecule has 5 nitrogen and oxygen atoms in total. The minimum Gasteiger partial charge on any atom is -0.408 e. The van der Waals surface area contributed by atoms with E-state index in [1.807, 2.05) is 31.2 Å². The Kier molecular flexibility index (Phi) is 3.10. The monoisotopic (exact) mass is 333 g/mol. The minimum atomic E-state index is -0.366. The molecular formula is C14H12BrN3O2. The van der Waals surface area contributed by atoms with Crippen LogP contribution >= 0.6 is 15.9 Å². The number of hydrogen-bond donors (Lipinski definition) is 1. The van der Waals surface area contributed by atoms with Crippen molar-refractivity contribution in [3.05, 3.63) is 51.0 Å². The van der Waals surface area contributed by atoms with E-state index in [0.717, 1.165) is 27.2 Å². The molecule has 0 bridgehead atoms. The minimum absolute atomic E-state index is 0.366. The SMILES string of the molecule is Cc1nc(Nc2ccc3oc(=O)n(C)c3c2)ccc1Br. The first kappa shape index (κ1) is 12.9. The third kappa shape index (κ3) is 2.22. The lowest BCUT2D eigenvalue weighted by atomic mass is 10.2. The number of fused-ring (bicyclic) bond motifs is 1. The molecular weight excluding hydrogens is 322 g/mol. The van der Waals surface area contributed by atoms with Gasteiger partial charge < -0.3 is 9.73 Å². The van der Waals surface area contributed by atoms with Crippen molar-refractivity contribution in [3.63, 3.8) is 0 Å². The molecule has 0 aliphatic heterocycles. The van der Waals surface area contributed by atoms with Gasteiger partial charge in [0.05, 0.1) is 11.2 Å². The maximum atomic E-state index is 11.4. The Balaban J connectivity index is 2.00. The van der Waals surface area contributed by atoms with Crippen LogP contribution in [0.15, 0.2) is 44.0 Å². The zero-order valence-corrected chi connectivity index (χ0v) is 12.6. The van der Waals surface area contributed by atoms with E-state index in [-0.39, 0.29) is 5.76 Å². The molecule has 20 heavy (non-hydrogen) atoms. The summed E-state index contributed by atoms with van der Waals surface area (Å²) in [7, 11) is 1.68. The van der Waals surface area contributed by atoms with Crippen molar-refractivity contribution >= 4 is 38.5 Å².